The van der Waals surface area contributed by atoms with Gasteiger partial charge in [0.25, 0.3) is 11.8 Å². The number of carbonyl (C=O) groups is 1. The van der Waals surface area contributed by atoms with Crippen LogP contribution in [0.3, 0.4) is 0 Å². The molecule has 3 atom stereocenters. The van der Waals surface area contributed by atoms with Crippen LogP contribution in [-0.2, 0) is 14.9 Å². The first-order valence-corrected chi connectivity index (χ1v) is 14.5. The average molecular weight is 553 g/mol. The van der Waals surface area contributed by atoms with Gasteiger partial charge in [0.2, 0.25) is 0 Å². The van der Waals surface area contributed by atoms with Gasteiger partial charge < -0.3 is 24.7 Å². The van der Waals surface area contributed by atoms with Crippen molar-refractivity contribution in [3.63, 3.8) is 0 Å². The van der Waals surface area contributed by atoms with Gasteiger partial charge in [-0.15, -0.1) is 16.4 Å². The first-order valence-electron chi connectivity index (χ1n) is 13.7. The van der Waals surface area contributed by atoms with Crippen LogP contribution in [0.25, 0.3) is 17.2 Å². The maximum absolute atomic E-state index is 13.3. The van der Waals surface area contributed by atoms with Crippen molar-refractivity contribution in [2.24, 2.45) is 0 Å². The highest BCUT2D eigenvalue weighted by Crippen LogP contribution is 2.53. The van der Waals surface area contributed by atoms with Gasteiger partial charge in [0, 0.05) is 23.2 Å². The maximum atomic E-state index is 13.3. The molecule has 4 aliphatic rings. The summed E-state index contributed by atoms with van der Waals surface area (Å²) in [6.45, 7) is 3.79. The molecule has 2 aromatic carbocycles. The van der Waals surface area contributed by atoms with E-state index in [1.54, 1.807) is 11.3 Å². The maximum Gasteiger partial charge on any atom is 0.316 e. The van der Waals surface area contributed by atoms with Crippen molar-refractivity contribution in [1.82, 2.24) is 15.2 Å². The zero-order valence-corrected chi connectivity index (χ0v) is 22.8. The smallest absolute Gasteiger partial charge is 0.316 e. The number of hydrogen-bond acceptors (Lipinski definition) is 9. The van der Waals surface area contributed by atoms with Gasteiger partial charge in [0.15, 0.2) is 5.69 Å². The number of nitrogens with zero attached hydrogens (tertiary/aromatic N) is 4. The molecule has 202 valence electrons. The fourth-order valence-corrected chi connectivity index (χ4v) is 6.89. The van der Waals surface area contributed by atoms with Crippen LogP contribution >= 0.6 is 11.3 Å². The van der Waals surface area contributed by atoms with Crippen molar-refractivity contribution < 1.29 is 13.9 Å². The number of fused-ring (bicyclic) bond motifs is 2. The van der Waals surface area contributed by atoms with Crippen molar-refractivity contribution in [3.05, 3.63) is 76.8 Å². The van der Waals surface area contributed by atoms with Gasteiger partial charge in [-0.1, -0.05) is 60.6 Å². The number of para-hydroxylation sites is 1. The van der Waals surface area contributed by atoms with Crippen LogP contribution in [0.5, 0.6) is 0 Å². The average Bonchev–Trinajstić information content (AvgIpc) is 3.84. The van der Waals surface area contributed by atoms with Crippen LogP contribution in [-0.4, -0.2) is 52.4 Å². The molecule has 2 saturated carbocycles. The molecule has 3 fully saturated rings. The number of hydrogen-bond donors (Lipinski definition) is 2. The fourth-order valence-electron chi connectivity index (χ4n) is 5.55. The molecule has 0 radical (unpaired) electrons. The summed E-state index contributed by atoms with van der Waals surface area (Å²) in [6.07, 6.45) is 5.53. The zero-order chi connectivity index (χ0) is 26.8. The molecule has 2 aliphatic heterocycles. The number of nitrogens with one attached hydrogen (secondary N) is 2. The monoisotopic (exact) mass is 552 g/mol. The highest BCUT2D eigenvalue weighted by atomic mass is 32.1. The van der Waals surface area contributed by atoms with Gasteiger partial charge in [-0.3, -0.25) is 4.79 Å². The molecule has 4 aromatic rings. The second-order valence-electron chi connectivity index (χ2n) is 11.2. The molecule has 8 rings (SSSR count). The van der Waals surface area contributed by atoms with Gasteiger partial charge in [0.1, 0.15) is 16.1 Å². The lowest BCUT2D eigenvalue weighted by molar-refractivity contribution is -0.116. The quantitative estimate of drug-likeness (QED) is 0.341. The standard InChI is InChI=1S/C30H28N6O3S/c1-30(11-12-30)28-33-24(27(40-28)36-13-14-38-23-16-22(23)36)26-34-35-29(39-26)32-21-15-19(17-7-3-2-4-8-17)18-9-5-6-10-20(18)31-25(21)37/h2-10,15,21-23H,11-14,16H2,1H3,(H,31,37)(H,32,35)/t21-,22+,23-/m0/s1. The Balaban J connectivity index is 1.13. The van der Waals surface area contributed by atoms with E-state index in [1.165, 1.54) is 0 Å². The molecule has 40 heavy (non-hydrogen) atoms. The van der Waals surface area contributed by atoms with Crippen molar-refractivity contribution >= 4 is 39.5 Å². The van der Waals surface area contributed by atoms with E-state index in [0.29, 0.717) is 24.6 Å². The predicted octanol–water partition coefficient (Wildman–Crippen LogP) is 5.09. The molecule has 2 N–H and O–H groups in total. The van der Waals surface area contributed by atoms with Crippen LogP contribution in [0.15, 0.2) is 65.1 Å². The highest BCUT2D eigenvalue weighted by molar-refractivity contribution is 7.16. The van der Waals surface area contributed by atoms with E-state index >= 15 is 0 Å². The molecular formula is C30H28N6O3S. The second kappa shape index (κ2) is 9.00. The van der Waals surface area contributed by atoms with Gasteiger partial charge in [0.05, 0.1) is 18.8 Å². The largest absolute Gasteiger partial charge is 0.402 e. The minimum absolute atomic E-state index is 0.125. The lowest BCUT2D eigenvalue weighted by Crippen LogP contribution is -2.36. The molecule has 0 unspecified atom stereocenters. The van der Waals surface area contributed by atoms with Crippen molar-refractivity contribution in [3.8, 4) is 11.6 Å². The Labute approximate surface area is 235 Å². The van der Waals surface area contributed by atoms with E-state index in [-0.39, 0.29) is 17.3 Å². The van der Waals surface area contributed by atoms with Crippen LogP contribution in [0, 0.1) is 0 Å². The zero-order valence-electron chi connectivity index (χ0n) is 22.0. The molecule has 9 nitrogen and oxygen atoms in total. The van der Waals surface area contributed by atoms with E-state index < -0.39 is 6.04 Å². The number of benzene rings is 2. The van der Waals surface area contributed by atoms with Crippen LogP contribution in [0.2, 0.25) is 0 Å². The summed E-state index contributed by atoms with van der Waals surface area (Å²) >= 11 is 1.74. The van der Waals surface area contributed by atoms with E-state index in [4.69, 9.17) is 14.1 Å². The van der Waals surface area contributed by atoms with Gasteiger partial charge in [-0.05, 0) is 42.5 Å². The van der Waals surface area contributed by atoms with Gasteiger partial charge in [-0.25, -0.2) is 4.98 Å². The van der Waals surface area contributed by atoms with E-state index in [1.807, 2.05) is 60.7 Å². The van der Waals surface area contributed by atoms with Crippen molar-refractivity contribution in [2.75, 3.05) is 28.7 Å². The Morgan fingerprint density at radius 2 is 1.93 bits per heavy atom. The van der Waals surface area contributed by atoms with E-state index in [0.717, 1.165) is 63.9 Å². The molecule has 0 spiro atoms. The van der Waals surface area contributed by atoms with E-state index in [2.05, 4.69) is 32.7 Å². The predicted molar refractivity (Wildman–Crippen MR) is 153 cm³/mol. The topological polar surface area (TPSA) is 105 Å². The number of ether oxygens (including phenoxy) is 1. The summed E-state index contributed by atoms with van der Waals surface area (Å²) in [7, 11) is 0. The fraction of sp³-hybridized carbons (Fsp3) is 0.333. The van der Waals surface area contributed by atoms with Crippen LogP contribution in [0.1, 0.15) is 42.3 Å². The lowest BCUT2D eigenvalue weighted by Gasteiger charge is -2.27. The molecule has 1 amide bonds. The SMILES string of the molecule is CC1(c2nc(-c3nnc(N[C@H]4C=C(c5ccccc5)c5ccccc5NC4=O)o3)c(N3CCO[C@H]4C[C@H]43)s2)CC1. The molecular weight excluding hydrogens is 524 g/mol. The molecule has 2 aromatic heterocycles. The molecule has 2 aliphatic carbocycles. The third-order valence-corrected chi connectivity index (χ3v) is 9.63. The Kier molecular flexibility index (Phi) is 5.36. The number of aromatic nitrogens is 3. The van der Waals surface area contributed by atoms with Crippen molar-refractivity contribution in [2.45, 2.75) is 49.8 Å². The minimum Gasteiger partial charge on any atom is -0.402 e. The second-order valence-corrected chi connectivity index (χ2v) is 12.1. The number of morpholine rings is 1. The van der Waals surface area contributed by atoms with Gasteiger partial charge >= 0.3 is 6.01 Å². The Hall–Kier alpha value is -4.02. The summed E-state index contributed by atoms with van der Waals surface area (Å²) in [6, 6.07) is 17.7. The molecule has 4 heterocycles. The minimum atomic E-state index is -0.724. The number of amides is 1. The summed E-state index contributed by atoms with van der Waals surface area (Å²) in [5.41, 5.74) is 4.52. The highest BCUT2D eigenvalue weighted by Gasteiger charge is 2.49. The third kappa shape index (κ3) is 4.10. The summed E-state index contributed by atoms with van der Waals surface area (Å²) < 4.78 is 12.0. The Morgan fingerprint density at radius 1 is 1.10 bits per heavy atom. The molecule has 10 heteroatoms. The van der Waals surface area contributed by atoms with Crippen molar-refractivity contribution in [1.29, 1.82) is 0 Å². The van der Waals surface area contributed by atoms with Crippen LogP contribution < -0.4 is 15.5 Å². The molecule has 1 saturated heterocycles. The summed E-state index contributed by atoms with van der Waals surface area (Å²) in [5, 5.41) is 17.1. The number of thiazole rings is 1. The lowest BCUT2D eigenvalue weighted by atomic mass is 9.96. The molecule has 0 bridgehead atoms. The Bertz CT molecular complexity index is 1640. The first kappa shape index (κ1) is 23.8. The van der Waals surface area contributed by atoms with E-state index in [9.17, 15) is 4.79 Å². The first-order chi connectivity index (χ1) is 19.6. The number of anilines is 3. The summed E-state index contributed by atoms with van der Waals surface area (Å²) in [4.78, 5) is 20.8. The number of carbonyl (C=O) groups excluding carboxylic acids is 1. The van der Waals surface area contributed by atoms with Gasteiger partial charge in [-0.2, -0.15) is 0 Å². The van der Waals surface area contributed by atoms with Crippen LogP contribution in [0.4, 0.5) is 16.7 Å². The third-order valence-electron chi connectivity index (χ3n) is 8.23. The number of rotatable bonds is 6. The normalized spacial score (nSPS) is 24.3. The Morgan fingerprint density at radius 3 is 2.77 bits per heavy atom. The summed E-state index contributed by atoms with van der Waals surface area (Å²) in [5.74, 6) is 0.155.